The van der Waals surface area contributed by atoms with E-state index in [-0.39, 0.29) is 11.8 Å². The molecule has 1 aliphatic rings. The van der Waals surface area contributed by atoms with Crippen molar-refractivity contribution in [1.82, 2.24) is 0 Å². The summed E-state index contributed by atoms with van der Waals surface area (Å²) in [5.74, 6) is -0.0968. The standard InChI is InChI=1S/C14H16O3/c1-14(8-4-7-12(14)15)11-6-3-5-10(9-11)13(16)17-2/h3,5-6,9H,4,7-8H2,1-2H3/t14-/m1/s1. The maximum atomic E-state index is 11.9. The minimum absolute atomic E-state index is 0.263. The Bertz CT molecular complexity index is 464. The molecule has 3 heteroatoms. The fourth-order valence-corrected chi connectivity index (χ4v) is 2.43. The topological polar surface area (TPSA) is 43.4 Å². The Hall–Kier alpha value is -1.64. The highest BCUT2D eigenvalue weighted by Crippen LogP contribution is 2.37. The normalized spacial score (nSPS) is 23.8. The third-order valence-electron chi connectivity index (χ3n) is 3.62. The number of methoxy groups -OCH3 is 1. The van der Waals surface area contributed by atoms with Crippen LogP contribution in [-0.4, -0.2) is 18.9 Å². The predicted molar refractivity (Wildman–Crippen MR) is 64.0 cm³/mol. The molecule has 0 N–H and O–H groups in total. The van der Waals surface area contributed by atoms with Gasteiger partial charge in [0.25, 0.3) is 0 Å². The Balaban J connectivity index is 2.39. The predicted octanol–water partition coefficient (Wildman–Crippen LogP) is 2.48. The van der Waals surface area contributed by atoms with Crippen molar-refractivity contribution in [1.29, 1.82) is 0 Å². The lowest BCUT2D eigenvalue weighted by atomic mass is 9.79. The minimum Gasteiger partial charge on any atom is -0.465 e. The van der Waals surface area contributed by atoms with Crippen LogP contribution in [0.25, 0.3) is 0 Å². The molecule has 1 aliphatic carbocycles. The average Bonchev–Trinajstić information content (AvgIpc) is 2.70. The van der Waals surface area contributed by atoms with Crippen molar-refractivity contribution in [3.63, 3.8) is 0 Å². The molecule has 0 aromatic heterocycles. The molecule has 1 aromatic rings. The van der Waals surface area contributed by atoms with Crippen LogP contribution in [0.15, 0.2) is 24.3 Å². The van der Waals surface area contributed by atoms with Crippen LogP contribution in [0.2, 0.25) is 0 Å². The van der Waals surface area contributed by atoms with E-state index in [1.165, 1.54) is 7.11 Å². The first-order valence-corrected chi connectivity index (χ1v) is 5.80. The van der Waals surface area contributed by atoms with E-state index in [0.717, 1.165) is 18.4 Å². The zero-order valence-corrected chi connectivity index (χ0v) is 10.2. The molecule has 0 heterocycles. The van der Waals surface area contributed by atoms with E-state index in [1.54, 1.807) is 18.2 Å². The zero-order valence-electron chi connectivity index (χ0n) is 10.2. The van der Waals surface area contributed by atoms with E-state index in [9.17, 15) is 9.59 Å². The van der Waals surface area contributed by atoms with Crippen LogP contribution < -0.4 is 0 Å². The summed E-state index contributed by atoms with van der Waals surface area (Å²) in [6, 6.07) is 7.20. The van der Waals surface area contributed by atoms with Gasteiger partial charge in [0.1, 0.15) is 5.78 Å². The number of ether oxygens (including phenoxy) is 1. The molecule has 17 heavy (non-hydrogen) atoms. The lowest BCUT2D eigenvalue weighted by Gasteiger charge is -2.22. The summed E-state index contributed by atoms with van der Waals surface area (Å²) in [5, 5.41) is 0. The van der Waals surface area contributed by atoms with Gasteiger partial charge in [-0.25, -0.2) is 4.79 Å². The minimum atomic E-state index is -0.427. The van der Waals surface area contributed by atoms with Gasteiger partial charge < -0.3 is 4.74 Å². The maximum Gasteiger partial charge on any atom is 0.337 e. The number of carbonyl (C=O) groups excluding carboxylic acids is 2. The molecule has 0 saturated heterocycles. The van der Waals surface area contributed by atoms with E-state index in [4.69, 9.17) is 0 Å². The summed E-state index contributed by atoms with van der Waals surface area (Å²) in [6.07, 6.45) is 2.42. The first kappa shape index (κ1) is 11.8. The van der Waals surface area contributed by atoms with Gasteiger partial charge in [0.05, 0.1) is 18.1 Å². The Morgan fingerprint density at radius 1 is 1.41 bits per heavy atom. The lowest BCUT2D eigenvalue weighted by molar-refractivity contribution is -0.121. The van der Waals surface area contributed by atoms with Crippen molar-refractivity contribution in [3.8, 4) is 0 Å². The molecule has 90 valence electrons. The van der Waals surface area contributed by atoms with Crippen molar-refractivity contribution >= 4 is 11.8 Å². The van der Waals surface area contributed by atoms with Crippen molar-refractivity contribution < 1.29 is 14.3 Å². The van der Waals surface area contributed by atoms with Gasteiger partial charge in [0.2, 0.25) is 0 Å². The van der Waals surface area contributed by atoms with Crippen molar-refractivity contribution in [2.75, 3.05) is 7.11 Å². The first-order chi connectivity index (χ1) is 8.08. The van der Waals surface area contributed by atoms with E-state index in [2.05, 4.69) is 4.74 Å². The largest absolute Gasteiger partial charge is 0.465 e. The smallest absolute Gasteiger partial charge is 0.337 e. The van der Waals surface area contributed by atoms with Gasteiger partial charge in [-0.1, -0.05) is 12.1 Å². The summed E-state index contributed by atoms with van der Waals surface area (Å²) in [7, 11) is 1.36. The molecule has 0 bridgehead atoms. The number of ketones is 1. The maximum absolute atomic E-state index is 11.9. The number of carbonyl (C=O) groups is 2. The Labute approximate surface area is 101 Å². The number of benzene rings is 1. The number of esters is 1. The number of Topliss-reactive ketones (excluding diaryl/α,β-unsaturated/α-hetero) is 1. The Morgan fingerprint density at radius 3 is 2.76 bits per heavy atom. The quantitative estimate of drug-likeness (QED) is 0.736. The van der Waals surface area contributed by atoms with Crippen LogP contribution in [-0.2, 0) is 14.9 Å². The summed E-state index contributed by atoms with van der Waals surface area (Å²) in [6.45, 7) is 1.96. The monoisotopic (exact) mass is 232 g/mol. The van der Waals surface area contributed by atoms with Gasteiger partial charge in [0, 0.05) is 6.42 Å². The van der Waals surface area contributed by atoms with Gasteiger partial charge in [-0.05, 0) is 37.5 Å². The molecule has 0 radical (unpaired) electrons. The highest BCUT2D eigenvalue weighted by Gasteiger charge is 2.38. The molecule has 1 saturated carbocycles. The Morgan fingerprint density at radius 2 is 2.18 bits per heavy atom. The van der Waals surface area contributed by atoms with Gasteiger partial charge >= 0.3 is 5.97 Å². The van der Waals surface area contributed by atoms with Crippen LogP contribution in [0.4, 0.5) is 0 Å². The molecule has 2 rings (SSSR count). The summed E-state index contributed by atoms with van der Waals surface area (Å²) in [5.41, 5.74) is 0.998. The van der Waals surface area contributed by atoms with E-state index in [0.29, 0.717) is 12.0 Å². The van der Waals surface area contributed by atoms with Crippen molar-refractivity contribution in [2.24, 2.45) is 0 Å². The van der Waals surface area contributed by atoms with E-state index in [1.807, 2.05) is 13.0 Å². The Kier molecular flexibility index (Phi) is 3.01. The molecule has 0 unspecified atom stereocenters. The summed E-state index contributed by atoms with van der Waals surface area (Å²) >= 11 is 0. The highest BCUT2D eigenvalue weighted by atomic mass is 16.5. The van der Waals surface area contributed by atoms with Crippen molar-refractivity contribution in [3.05, 3.63) is 35.4 Å². The first-order valence-electron chi connectivity index (χ1n) is 5.80. The van der Waals surface area contributed by atoms with Crippen LogP contribution >= 0.6 is 0 Å². The van der Waals surface area contributed by atoms with E-state index < -0.39 is 5.41 Å². The number of hydrogen-bond donors (Lipinski definition) is 0. The van der Waals surface area contributed by atoms with Crippen LogP contribution in [0.1, 0.15) is 42.1 Å². The molecule has 1 fully saturated rings. The number of hydrogen-bond acceptors (Lipinski definition) is 3. The summed E-state index contributed by atoms with van der Waals surface area (Å²) in [4.78, 5) is 23.4. The van der Waals surface area contributed by atoms with Gasteiger partial charge in [-0.15, -0.1) is 0 Å². The van der Waals surface area contributed by atoms with Crippen LogP contribution in [0.3, 0.4) is 0 Å². The van der Waals surface area contributed by atoms with E-state index >= 15 is 0 Å². The molecule has 1 aromatic carbocycles. The van der Waals surface area contributed by atoms with Crippen LogP contribution in [0.5, 0.6) is 0 Å². The fraction of sp³-hybridized carbons (Fsp3) is 0.429. The second-order valence-electron chi connectivity index (χ2n) is 4.68. The molecule has 0 amide bonds. The fourth-order valence-electron chi connectivity index (χ4n) is 2.43. The SMILES string of the molecule is COC(=O)c1cccc([C@@]2(C)CCCC2=O)c1. The third kappa shape index (κ3) is 1.97. The molecular weight excluding hydrogens is 216 g/mol. The summed E-state index contributed by atoms with van der Waals surface area (Å²) < 4.78 is 4.69. The molecule has 1 atom stereocenters. The highest BCUT2D eigenvalue weighted by molar-refractivity contribution is 5.93. The van der Waals surface area contributed by atoms with Gasteiger partial charge in [0.15, 0.2) is 0 Å². The number of rotatable bonds is 2. The zero-order chi connectivity index (χ0) is 12.5. The average molecular weight is 232 g/mol. The molecule has 0 spiro atoms. The second-order valence-corrected chi connectivity index (χ2v) is 4.68. The molecule has 3 nitrogen and oxygen atoms in total. The second kappa shape index (κ2) is 4.32. The lowest BCUT2D eigenvalue weighted by Crippen LogP contribution is -2.27. The van der Waals surface area contributed by atoms with Crippen LogP contribution in [0, 0.1) is 0 Å². The molecule has 0 aliphatic heterocycles. The molecular formula is C14H16O3. The van der Waals surface area contributed by atoms with Crippen molar-refractivity contribution in [2.45, 2.75) is 31.6 Å². The third-order valence-corrected chi connectivity index (χ3v) is 3.62. The van der Waals surface area contributed by atoms with Gasteiger partial charge in [-0.3, -0.25) is 4.79 Å². The van der Waals surface area contributed by atoms with Gasteiger partial charge in [-0.2, -0.15) is 0 Å².